The zero-order chi connectivity index (χ0) is 27.6. The minimum Gasteiger partial charge on any atom is -0.444 e. The number of benzene rings is 2. The van der Waals surface area contributed by atoms with E-state index in [2.05, 4.69) is 25.9 Å². The number of aromatic nitrogens is 2. The van der Waals surface area contributed by atoms with Crippen molar-refractivity contribution in [3.63, 3.8) is 0 Å². The normalized spacial score (nSPS) is 13.9. The van der Waals surface area contributed by atoms with Crippen LogP contribution in [0.3, 0.4) is 0 Å². The van der Waals surface area contributed by atoms with Crippen LogP contribution in [0.25, 0.3) is 21.5 Å². The van der Waals surface area contributed by atoms with Crippen LogP contribution in [0.1, 0.15) is 20.8 Å². The fourth-order valence-electron chi connectivity index (χ4n) is 3.99. The highest BCUT2D eigenvalue weighted by Gasteiger charge is 2.27. The molecule has 6 nitrogen and oxygen atoms in total. The number of halogens is 5. The van der Waals surface area contributed by atoms with Gasteiger partial charge in [-0.25, -0.2) is 23.5 Å². The Hall–Kier alpha value is -3.47. The molecule has 1 saturated heterocycles. The summed E-state index contributed by atoms with van der Waals surface area (Å²) >= 11 is 3.06. The maximum atomic E-state index is 13.8. The Morgan fingerprint density at radius 2 is 1.34 bits per heavy atom. The van der Waals surface area contributed by atoms with Crippen LogP contribution in [-0.2, 0) is 4.74 Å². The predicted octanol–water partition coefficient (Wildman–Crippen LogP) is 6.85. The molecule has 3 heterocycles. The molecule has 0 radical (unpaired) electrons. The maximum absolute atomic E-state index is 13.8. The molecule has 1 amide bonds. The summed E-state index contributed by atoms with van der Waals surface area (Å²) in [4.78, 5) is 23.1. The number of piperazine rings is 1. The van der Waals surface area contributed by atoms with Gasteiger partial charge in [0.25, 0.3) is 0 Å². The number of fused-ring (bicyclic) bond motifs is 2. The highest BCUT2D eigenvalue weighted by molar-refractivity contribution is 9.10. The fourth-order valence-corrected chi connectivity index (χ4v) is 4.50. The highest BCUT2D eigenvalue weighted by atomic mass is 79.9. The van der Waals surface area contributed by atoms with Crippen molar-refractivity contribution in [3.05, 3.63) is 76.7 Å². The minimum absolute atomic E-state index is 0.321. The van der Waals surface area contributed by atoms with Crippen molar-refractivity contribution in [1.82, 2.24) is 14.9 Å². The second-order valence-corrected chi connectivity index (χ2v) is 10.4. The van der Waals surface area contributed by atoms with Crippen LogP contribution in [0.15, 0.2) is 53.1 Å². The van der Waals surface area contributed by atoms with Crippen molar-refractivity contribution in [1.29, 1.82) is 0 Å². The lowest BCUT2D eigenvalue weighted by Crippen LogP contribution is -2.50. The SMILES string of the molecule is CC(C)(C)OC(=O)N1CCN(c2nc(F)cc3ccc(F)cc23)CC1.Fc1ccc2cc(F)nc(Br)c2c1. The molecule has 1 aliphatic rings. The lowest BCUT2D eigenvalue weighted by molar-refractivity contribution is 0.0240. The van der Waals surface area contributed by atoms with Crippen molar-refractivity contribution in [3.8, 4) is 0 Å². The van der Waals surface area contributed by atoms with Crippen molar-refractivity contribution in [2.45, 2.75) is 26.4 Å². The monoisotopic (exact) mass is 592 g/mol. The van der Waals surface area contributed by atoms with Gasteiger partial charge in [0.1, 0.15) is 27.7 Å². The molecule has 38 heavy (non-hydrogen) atoms. The highest BCUT2D eigenvalue weighted by Crippen LogP contribution is 2.28. The van der Waals surface area contributed by atoms with Crippen LogP contribution in [0.2, 0.25) is 0 Å². The summed E-state index contributed by atoms with van der Waals surface area (Å²) in [5, 5.41) is 2.35. The summed E-state index contributed by atoms with van der Waals surface area (Å²) in [6.07, 6.45) is -0.366. The predicted molar refractivity (Wildman–Crippen MR) is 141 cm³/mol. The van der Waals surface area contributed by atoms with Gasteiger partial charge in [-0.05, 0) is 71.7 Å². The smallest absolute Gasteiger partial charge is 0.410 e. The number of ether oxygens (including phenoxy) is 1. The largest absolute Gasteiger partial charge is 0.444 e. The topological polar surface area (TPSA) is 58.6 Å². The van der Waals surface area contributed by atoms with Crippen molar-refractivity contribution in [2.24, 2.45) is 0 Å². The number of carbonyl (C=O) groups is 1. The van der Waals surface area contributed by atoms with Crippen LogP contribution >= 0.6 is 15.9 Å². The van der Waals surface area contributed by atoms with Gasteiger partial charge in [-0.15, -0.1) is 0 Å². The third-order valence-electron chi connectivity index (χ3n) is 5.69. The summed E-state index contributed by atoms with van der Waals surface area (Å²) in [6, 6.07) is 10.9. The van der Waals surface area contributed by atoms with Crippen LogP contribution in [0, 0.1) is 23.5 Å². The Kier molecular flexibility index (Phi) is 8.05. The summed E-state index contributed by atoms with van der Waals surface area (Å²) in [7, 11) is 0. The molecule has 4 aromatic rings. The molecule has 2 aromatic heterocycles. The van der Waals surface area contributed by atoms with Crippen LogP contribution in [0.5, 0.6) is 0 Å². The van der Waals surface area contributed by atoms with Crippen molar-refractivity contribution >= 4 is 49.4 Å². The quantitative estimate of drug-likeness (QED) is 0.179. The average Bonchev–Trinajstić information content (AvgIpc) is 2.84. The van der Waals surface area contributed by atoms with Gasteiger partial charge in [0.15, 0.2) is 0 Å². The first-order chi connectivity index (χ1) is 17.9. The van der Waals surface area contributed by atoms with Crippen LogP contribution in [-0.4, -0.2) is 52.7 Å². The Bertz CT molecular complexity index is 1490. The molecule has 0 aliphatic carbocycles. The molecular formula is C27H25BrF4N4O2. The molecule has 0 bridgehead atoms. The molecule has 0 atom stereocenters. The van der Waals surface area contributed by atoms with E-state index in [1.807, 2.05) is 25.7 Å². The Morgan fingerprint density at radius 3 is 1.92 bits per heavy atom. The van der Waals surface area contributed by atoms with Gasteiger partial charge < -0.3 is 14.5 Å². The van der Waals surface area contributed by atoms with Crippen molar-refractivity contribution < 1.29 is 27.1 Å². The van der Waals surface area contributed by atoms with E-state index in [1.165, 1.54) is 48.5 Å². The van der Waals surface area contributed by atoms with E-state index >= 15 is 0 Å². The number of hydrogen-bond acceptors (Lipinski definition) is 5. The van der Waals surface area contributed by atoms with Crippen molar-refractivity contribution in [2.75, 3.05) is 31.1 Å². The van der Waals surface area contributed by atoms with E-state index in [4.69, 9.17) is 4.74 Å². The standard InChI is InChI=1S/C18H21F2N3O2.C9H4BrF2N/c1-18(2,3)25-17(24)23-8-6-22(7-9-23)16-14-11-13(19)5-4-12(14)10-15(20)21-16;10-9-7-4-6(11)2-1-5(7)3-8(12)13-9/h4-5,10-11H,6-9H2,1-3H3;1-4H. The third kappa shape index (κ3) is 6.69. The Balaban J connectivity index is 0.000000216. The van der Waals surface area contributed by atoms with Gasteiger partial charge in [0.2, 0.25) is 11.9 Å². The third-order valence-corrected chi connectivity index (χ3v) is 6.30. The first-order valence-electron chi connectivity index (χ1n) is 11.8. The zero-order valence-corrected chi connectivity index (χ0v) is 22.5. The van der Waals surface area contributed by atoms with E-state index < -0.39 is 23.3 Å². The fraction of sp³-hybridized carbons (Fsp3) is 0.296. The summed E-state index contributed by atoms with van der Waals surface area (Å²) in [5.74, 6) is -1.54. The number of rotatable bonds is 1. The van der Waals surface area contributed by atoms with Gasteiger partial charge in [-0.3, -0.25) is 0 Å². The number of nitrogens with zero attached hydrogens (tertiary/aromatic N) is 4. The van der Waals surface area contributed by atoms with Gasteiger partial charge in [-0.2, -0.15) is 8.78 Å². The number of amides is 1. The van der Waals surface area contributed by atoms with Crippen LogP contribution < -0.4 is 4.90 Å². The van der Waals surface area contributed by atoms with Gasteiger partial charge in [-0.1, -0.05) is 12.1 Å². The molecule has 0 unspecified atom stereocenters. The Morgan fingerprint density at radius 1 is 0.816 bits per heavy atom. The first kappa shape index (κ1) is 27.6. The molecule has 0 saturated carbocycles. The summed E-state index contributed by atoms with van der Waals surface area (Å²) < 4.78 is 58.7. The summed E-state index contributed by atoms with van der Waals surface area (Å²) in [5.41, 5.74) is -0.550. The Labute approximate surface area is 225 Å². The molecule has 200 valence electrons. The van der Waals surface area contributed by atoms with E-state index in [9.17, 15) is 22.4 Å². The average molecular weight is 593 g/mol. The first-order valence-corrected chi connectivity index (χ1v) is 12.6. The lowest BCUT2D eigenvalue weighted by atomic mass is 10.1. The molecule has 1 fully saturated rings. The van der Waals surface area contributed by atoms with E-state index in [0.29, 0.717) is 58.1 Å². The molecule has 0 N–H and O–H groups in total. The second kappa shape index (κ2) is 11.1. The number of pyridine rings is 2. The molecular weight excluding hydrogens is 568 g/mol. The summed E-state index contributed by atoms with van der Waals surface area (Å²) in [6.45, 7) is 7.27. The minimum atomic E-state index is -0.608. The number of hydrogen-bond donors (Lipinski definition) is 0. The van der Waals surface area contributed by atoms with E-state index in [-0.39, 0.29) is 11.9 Å². The number of anilines is 1. The molecule has 1 aliphatic heterocycles. The van der Waals surface area contributed by atoms with E-state index in [1.54, 1.807) is 4.90 Å². The maximum Gasteiger partial charge on any atom is 0.410 e. The second-order valence-electron chi connectivity index (χ2n) is 9.69. The van der Waals surface area contributed by atoms with Gasteiger partial charge >= 0.3 is 6.09 Å². The molecule has 11 heteroatoms. The molecule has 0 spiro atoms. The number of carbonyl (C=O) groups excluding carboxylic acids is 1. The molecule has 2 aromatic carbocycles. The van der Waals surface area contributed by atoms with Gasteiger partial charge in [0.05, 0.1) is 0 Å². The van der Waals surface area contributed by atoms with Crippen LogP contribution in [0.4, 0.5) is 28.2 Å². The van der Waals surface area contributed by atoms with E-state index in [0.717, 1.165) is 0 Å². The zero-order valence-electron chi connectivity index (χ0n) is 20.9. The molecule has 5 rings (SSSR count). The lowest BCUT2D eigenvalue weighted by Gasteiger charge is -2.36. The van der Waals surface area contributed by atoms with Gasteiger partial charge in [0, 0.05) is 49.1 Å².